The van der Waals surface area contributed by atoms with Crippen LogP contribution in [0.1, 0.15) is 21.7 Å². The smallest absolute Gasteiger partial charge is 0.336 e. The topological polar surface area (TPSA) is 66.0 Å². The van der Waals surface area contributed by atoms with Crippen molar-refractivity contribution in [3.8, 4) is 22.4 Å². The second-order valence-corrected chi connectivity index (χ2v) is 6.66. The summed E-state index contributed by atoms with van der Waals surface area (Å²) < 4.78 is 0. The summed E-state index contributed by atoms with van der Waals surface area (Å²) in [4.78, 5) is 19.3. The van der Waals surface area contributed by atoms with Crippen molar-refractivity contribution >= 4 is 5.97 Å². The largest absolute Gasteiger partial charge is 0.478 e. The molecule has 0 atom stereocenters. The lowest BCUT2D eigenvalue weighted by atomic mass is 9.98. The molecule has 0 unspecified atom stereocenters. The number of benzene rings is 3. The van der Waals surface area contributed by atoms with Gasteiger partial charge in [-0.25, -0.2) is 9.78 Å². The lowest BCUT2D eigenvalue weighted by Gasteiger charge is -2.07. The van der Waals surface area contributed by atoms with E-state index in [9.17, 15) is 9.90 Å². The molecule has 1 heterocycles. The van der Waals surface area contributed by atoms with Gasteiger partial charge in [0.25, 0.3) is 0 Å². The van der Waals surface area contributed by atoms with Crippen LogP contribution in [-0.2, 0) is 12.8 Å². The summed E-state index contributed by atoms with van der Waals surface area (Å²) in [6, 6.07) is 25.3. The van der Waals surface area contributed by atoms with E-state index in [0.29, 0.717) is 5.56 Å². The summed E-state index contributed by atoms with van der Waals surface area (Å²) in [5.74, 6) is 0.0471. The standard InChI is InChI=1S/C24H20N2O2/c27-24(28)21-9-5-4-8-20(21)18-13-10-17(11-14-18)12-15-23-25-16-22(26-23)19-6-2-1-3-7-19/h1-11,13-14,16H,12,15H2,(H,25,26)(H,27,28). The summed E-state index contributed by atoms with van der Waals surface area (Å²) in [7, 11) is 0. The summed E-state index contributed by atoms with van der Waals surface area (Å²) in [6.45, 7) is 0. The van der Waals surface area contributed by atoms with E-state index in [1.807, 2.05) is 48.7 Å². The number of hydrogen-bond donors (Lipinski definition) is 2. The summed E-state index contributed by atoms with van der Waals surface area (Å²) in [6.07, 6.45) is 3.55. The number of hydrogen-bond acceptors (Lipinski definition) is 2. The van der Waals surface area contributed by atoms with E-state index in [-0.39, 0.29) is 0 Å². The molecule has 3 aromatic carbocycles. The van der Waals surface area contributed by atoms with E-state index in [0.717, 1.165) is 41.1 Å². The van der Waals surface area contributed by atoms with Crippen LogP contribution in [0.4, 0.5) is 0 Å². The first-order valence-electron chi connectivity index (χ1n) is 9.21. The van der Waals surface area contributed by atoms with Crippen LogP contribution in [0, 0.1) is 0 Å². The molecule has 1 aromatic heterocycles. The molecule has 4 nitrogen and oxygen atoms in total. The number of carboxylic acids is 1. The quantitative estimate of drug-likeness (QED) is 0.490. The van der Waals surface area contributed by atoms with Gasteiger partial charge in [0, 0.05) is 6.42 Å². The zero-order valence-corrected chi connectivity index (χ0v) is 15.3. The predicted octanol–water partition coefficient (Wildman–Crippen LogP) is 5.23. The minimum Gasteiger partial charge on any atom is -0.478 e. The van der Waals surface area contributed by atoms with Gasteiger partial charge in [-0.15, -0.1) is 0 Å². The molecule has 4 heteroatoms. The fourth-order valence-corrected chi connectivity index (χ4v) is 3.29. The van der Waals surface area contributed by atoms with E-state index >= 15 is 0 Å². The highest BCUT2D eigenvalue weighted by atomic mass is 16.4. The molecule has 0 radical (unpaired) electrons. The number of nitrogens with one attached hydrogen (secondary N) is 1. The Balaban J connectivity index is 1.45. The summed E-state index contributed by atoms with van der Waals surface area (Å²) in [5, 5.41) is 9.37. The molecule has 0 saturated heterocycles. The van der Waals surface area contributed by atoms with E-state index in [1.54, 1.807) is 12.1 Å². The number of nitrogens with zero attached hydrogens (tertiary/aromatic N) is 1. The highest BCUT2D eigenvalue weighted by molar-refractivity contribution is 5.95. The van der Waals surface area contributed by atoms with E-state index in [1.165, 1.54) is 5.56 Å². The van der Waals surface area contributed by atoms with Crippen LogP contribution in [0.15, 0.2) is 85.1 Å². The minimum absolute atomic E-state index is 0.319. The second kappa shape index (κ2) is 7.92. The van der Waals surface area contributed by atoms with Crippen molar-refractivity contribution in [2.45, 2.75) is 12.8 Å². The van der Waals surface area contributed by atoms with Crippen molar-refractivity contribution in [2.75, 3.05) is 0 Å². The van der Waals surface area contributed by atoms with Gasteiger partial charge >= 0.3 is 5.97 Å². The first-order valence-corrected chi connectivity index (χ1v) is 9.21. The van der Waals surface area contributed by atoms with Crippen molar-refractivity contribution in [1.29, 1.82) is 0 Å². The number of carboxylic acid groups (broad SMARTS) is 1. The maximum absolute atomic E-state index is 11.4. The average Bonchev–Trinajstić information content (AvgIpc) is 3.22. The zero-order chi connectivity index (χ0) is 19.3. The van der Waals surface area contributed by atoms with Gasteiger partial charge < -0.3 is 10.1 Å². The van der Waals surface area contributed by atoms with Crippen molar-refractivity contribution in [3.63, 3.8) is 0 Å². The third-order valence-electron chi connectivity index (χ3n) is 4.79. The number of carbonyl (C=O) groups is 1. The maximum Gasteiger partial charge on any atom is 0.336 e. The van der Waals surface area contributed by atoms with Crippen LogP contribution >= 0.6 is 0 Å². The van der Waals surface area contributed by atoms with Gasteiger partial charge in [-0.2, -0.15) is 0 Å². The Kier molecular flexibility index (Phi) is 5.02. The molecule has 0 aliphatic rings. The molecule has 0 aliphatic heterocycles. The van der Waals surface area contributed by atoms with Crippen LogP contribution in [0.5, 0.6) is 0 Å². The van der Waals surface area contributed by atoms with Crippen LogP contribution < -0.4 is 0 Å². The molecule has 138 valence electrons. The van der Waals surface area contributed by atoms with Gasteiger partial charge in [-0.05, 0) is 34.7 Å². The molecule has 0 aliphatic carbocycles. The summed E-state index contributed by atoms with van der Waals surface area (Å²) >= 11 is 0. The number of aromatic nitrogens is 2. The molecule has 0 bridgehead atoms. The van der Waals surface area contributed by atoms with Gasteiger partial charge in [0.15, 0.2) is 0 Å². The molecule has 0 saturated carbocycles. The van der Waals surface area contributed by atoms with E-state index < -0.39 is 5.97 Å². The Morgan fingerprint density at radius 2 is 1.54 bits per heavy atom. The second-order valence-electron chi connectivity index (χ2n) is 6.66. The molecular weight excluding hydrogens is 348 g/mol. The Bertz CT molecular complexity index is 1080. The van der Waals surface area contributed by atoms with Gasteiger partial charge in [-0.3, -0.25) is 0 Å². The third-order valence-corrected chi connectivity index (χ3v) is 4.79. The van der Waals surface area contributed by atoms with Gasteiger partial charge in [0.1, 0.15) is 5.82 Å². The number of rotatable bonds is 6. The maximum atomic E-state index is 11.4. The van der Waals surface area contributed by atoms with Crippen molar-refractivity contribution in [1.82, 2.24) is 9.97 Å². The van der Waals surface area contributed by atoms with Gasteiger partial charge in [0.2, 0.25) is 0 Å². The van der Waals surface area contributed by atoms with Crippen LogP contribution in [0.25, 0.3) is 22.4 Å². The molecular formula is C24H20N2O2. The normalized spacial score (nSPS) is 10.7. The molecule has 2 N–H and O–H groups in total. The lowest BCUT2D eigenvalue weighted by Crippen LogP contribution is -1.99. The third kappa shape index (κ3) is 3.86. The fourth-order valence-electron chi connectivity index (χ4n) is 3.29. The van der Waals surface area contributed by atoms with Crippen molar-refractivity contribution in [3.05, 3.63) is 102 Å². The highest BCUT2D eigenvalue weighted by Crippen LogP contribution is 2.24. The minimum atomic E-state index is -0.910. The number of imidazole rings is 1. The van der Waals surface area contributed by atoms with Crippen LogP contribution in [0.2, 0.25) is 0 Å². The Morgan fingerprint density at radius 1 is 0.821 bits per heavy atom. The molecule has 4 rings (SSSR count). The highest BCUT2D eigenvalue weighted by Gasteiger charge is 2.10. The number of aromatic carboxylic acids is 1. The SMILES string of the molecule is O=C(O)c1ccccc1-c1ccc(CCc2ncc(-c3ccccc3)[nH]2)cc1. The molecule has 4 aromatic rings. The van der Waals surface area contributed by atoms with Crippen molar-refractivity contribution in [2.24, 2.45) is 0 Å². The van der Waals surface area contributed by atoms with Gasteiger partial charge in [0.05, 0.1) is 17.5 Å². The Morgan fingerprint density at radius 3 is 2.29 bits per heavy atom. The fraction of sp³-hybridized carbons (Fsp3) is 0.0833. The van der Waals surface area contributed by atoms with E-state index in [4.69, 9.17) is 0 Å². The molecule has 0 amide bonds. The van der Waals surface area contributed by atoms with Crippen LogP contribution in [-0.4, -0.2) is 21.0 Å². The number of aryl methyl sites for hydroxylation is 2. The number of H-pyrrole nitrogens is 1. The van der Waals surface area contributed by atoms with E-state index in [2.05, 4.69) is 34.2 Å². The molecule has 0 fully saturated rings. The first kappa shape index (κ1) is 17.7. The Hall–Kier alpha value is -3.66. The van der Waals surface area contributed by atoms with Crippen LogP contribution in [0.3, 0.4) is 0 Å². The average molecular weight is 368 g/mol. The monoisotopic (exact) mass is 368 g/mol. The molecule has 0 spiro atoms. The first-order chi connectivity index (χ1) is 13.7. The van der Waals surface area contributed by atoms with Crippen molar-refractivity contribution < 1.29 is 9.90 Å². The lowest BCUT2D eigenvalue weighted by molar-refractivity contribution is 0.0697. The van der Waals surface area contributed by atoms with Gasteiger partial charge in [-0.1, -0.05) is 72.8 Å². The molecule has 28 heavy (non-hydrogen) atoms. The number of aromatic amines is 1. The Labute approximate surface area is 163 Å². The zero-order valence-electron chi connectivity index (χ0n) is 15.3. The predicted molar refractivity (Wildman–Crippen MR) is 110 cm³/mol. The summed E-state index contributed by atoms with van der Waals surface area (Å²) in [5.41, 5.74) is 5.30.